The van der Waals surface area contributed by atoms with Gasteiger partial charge in [0.05, 0.1) is 0 Å². The van der Waals surface area contributed by atoms with Gasteiger partial charge >= 0.3 is 0 Å². The third-order valence-electron chi connectivity index (χ3n) is 3.56. The number of nitrogens with zero attached hydrogens (tertiary/aromatic N) is 1. The Bertz CT molecular complexity index is 537. The zero-order valence-corrected chi connectivity index (χ0v) is 11.4. The van der Waals surface area contributed by atoms with Gasteiger partial charge in [0.1, 0.15) is 17.7 Å². The van der Waals surface area contributed by atoms with Crippen molar-refractivity contribution in [1.29, 1.82) is 0 Å². The average molecular weight is 282 g/mol. The molecular formula is C14H16F2N2O2. The monoisotopic (exact) mass is 282 g/mol. The van der Waals surface area contributed by atoms with Crippen molar-refractivity contribution in [3.63, 3.8) is 0 Å². The van der Waals surface area contributed by atoms with Crippen LogP contribution in [0.5, 0.6) is 0 Å². The van der Waals surface area contributed by atoms with Gasteiger partial charge in [-0.2, -0.15) is 0 Å². The summed E-state index contributed by atoms with van der Waals surface area (Å²) >= 11 is 0. The molecule has 1 aliphatic rings. The number of halogens is 2. The molecule has 0 bridgehead atoms. The molecule has 0 aliphatic carbocycles. The Labute approximate surface area is 115 Å². The van der Waals surface area contributed by atoms with Crippen LogP contribution in [-0.2, 0) is 16.0 Å². The molecule has 1 aromatic rings. The molecule has 4 nitrogen and oxygen atoms in total. The number of rotatable bonds is 3. The Balaban J connectivity index is 2.27. The Morgan fingerprint density at radius 1 is 1.30 bits per heavy atom. The van der Waals surface area contributed by atoms with E-state index in [1.54, 1.807) is 14.0 Å². The lowest BCUT2D eigenvalue weighted by Crippen LogP contribution is -2.51. The number of carbonyl (C=O) groups excluding carboxylic acids is 2. The zero-order chi connectivity index (χ0) is 14.9. The minimum atomic E-state index is -0.623. The second-order valence-corrected chi connectivity index (χ2v) is 4.82. The van der Waals surface area contributed by atoms with Crippen LogP contribution in [0, 0.1) is 11.6 Å². The van der Waals surface area contributed by atoms with Gasteiger partial charge in [-0.3, -0.25) is 14.9 Å². The molecule has 1 aromatic carbocycles. The predicted molar refractivity (Wildman–Crippen MR) is 70.3 cm³/mol. The molecule has 1 N–H and O–H groups in total. The van der Waals surface area contributed by atoms with E-state index in [-0.39, 0.29) is 30.0 Å². The highest BCUT2D eigenvalue weighted by Crippen LogP contribution is 2.25. The Morgan fingerprint density at radius 2 is 1.90 bits per heavy atom. The summed E-state index contributed by atoms with van der Waals surface area (Å²) in [5, 5.41) is 2.22. The molecule has 0 spiro atoms. The Hall–Kier alpha value is -1.98. The van der Waals surface area contributed by atoms with E-state index in [2.05, 4.69) is 5.32 Å². The fraction of sp³-hybridized carbons (Fsp3) is 0.429. The number of imide groups is 1. The van der Waals surface area contributed by atoms with E-state index in [4.69, 9.17) is 0 Å². The summed E-state index contributed by atoms with van der Waals surface area (Å²) in [6.45, 7) is 1.67. The Kier molecular flexibility index (Phi) is 4.01. The van der Waals surface area contributed by atoms with Gasteiger partial charge in [0.25, 0.3) is 0 Å². The van der Waals surface area contributed by atoms with Gasteiger partial charge in [0, 0.05) is 24.7 Å². The summed E-state index contributed by atoms with van der Waals surface area (Å²) in [4.78, 5) is 24.3. The number of likely N-dealkylation sites (N-methyl/N-ethyl adjacent to an activating group) is 1. The van der Waals surface area contributed by atoms with Crippen LogP contribution in [0.25, 0.3) is 0 Å². The third kappa shape index (κ3) is 2.64. The molecule has 0 saturated carbocycles. The fourth-order valence-corrected chi connectivity index (χ4v) is 2.36. The molecular weight excluding hydrogens is 266 g/mol. The molecule has 2 rings (SSSR count). The molecule has 1 unspecified atom stereocenters. The van der Waals surface area contributed by atoms with Crippen molar-refractivity contribution in [3.05, 3.63) is 29.3 Å². The topological polar surface area (TPSA) is 49.4 Å². The predicted octanol–water partition coefficient (Wildman–Crippen LogP) is 1.77. The van der Waals surface area contributed by atoms with Crippen molar-refractivity contribution < 1.29 is 18.4 Å². The number of nitrogens with one attached hydrogen (secondary N) is 1. The number of benzene rings is 1. The van der Waals surface area contributed by atoms with E-state index < -0.39 is 23.6 Å². The number of hydrogen-bond acceptors (Lipinski definition) is 3. The lowest BCUT2D eigenvalue weighted by molar-refractivity contribution is -0.134. The minimum absolute atomic E-state index is 0.0328. The number of piperidine rings is 1. The van der Waals surface area contributed by atoms with E-state index in [9.17, 15) is 18.4 Å². The van der Waals surface area contributed by atoms with Crippen LogP contribution in [0.4, 0.5) is 14.5 Å². The lowest BCUT2D eigenvalue weighted by atomic mass is 10.0. The smallest absolute Gasteiger partial charge is 0.249 e. The molecule has 2 amide bonds. The lowest BCUT2D eigenvalue weighted by Gasteiger charge is -2.31. The highest BCUT2D eigenvalue weighted by Gasteiger charge is 2.30. The van der Waals surface area contributed by atoms with Gasteiger partial charge in [-0.25, -0.2) is 8.78 Å². The van der Waals surface area contributed by atoms with Crippen LogP contribution < -0.4 is 10.2 Å². The SMILES string of the molecule is CCc1c(F)cc(N(C)C2CCC(=O)NC2=O)cc1F. The van der Waals surface area contributed by atoms with Gasteiger partial charge in [-0.1, -0.05) is 6.92 Å². The van der Waals surface area contributed by atoms with Gasteiger partial charge < -0.3 is 4.90 Å². The summed E-state index contributed by atoms with van der Waals surface area (Å²) in [7, 11) is 1.58. The molecule has 6 heteroatoms. The highest BCUT2D eigenvalue weighted by atomic mass is 19.1. The van der Waals surface area contributed by atoms with E-state index in [0.717, 1.165) is 0 Å². The normalized spacial score (nSPS) is 18.9. The van der Waals surface area contributed by atoms with Crippen LogP contribution >= 0.6 is 0 Å². The second kappa shape index (κ2) is 5.56. The maximum Gasteiger partial charge on any atom is 0.249 e. The summed E-state index contributed by atoms with van der Waals surface area (Å²) in [5.74, 6) is -2.01. The van der Waals surface area contributed by atoms with Crippen molar-refractivity contribution in [1.82, 2.24) is 5.32 Å². The van der Waals surface area contributed by atoms with E-state index in [1.807, 2.05) is 0 Å². The zero-order valence-electron chi connectivity index (χ0n) is 11.4. The summed E-state index contributed by atoms with van der Waals surface area (Å²) in [6, 6.07) is 1.83. The number of amides is 2. The summed E-state index contributed by atoms with van der Waals surface area (Å²) < 4.78 is 27.6. The van der Waals surface area contributed by atoms with Crippen LogP contribution in [0.3, 0.4) is 0 Å². The average Bonchev–Trinajstić information content (AvgIpc) is 2.37. The first kappa shape index (κ1) is 14.4. The first-order chi connectivity index (χ1) is 9.43. The standard InChI is InChI=1S/C14H16F2N2O2/c1-3-9-10(15)6-8(7-11(9)16)18(2)12-4-5-13(19)17-14(12)20/h6-7,12H,3-5H2,1-2H3,(H,17,19,20). The number of carbonyl (C=O) groups is 2. The number of anilines is 1. The van der Waals surface area contributed by atoms with Crippen LogP contribution in [0.1, 0.15) is 25.3 Å². The van der Waals surface area contributed by atoms with Gasteiger partial charge in [-0.15, -0.1) is 0 Å². The molecule has 1 atom stereocenters. The van der Waals surface area contributed by atoms with Crippen molar-refractivity contribution >= 4 is 17.5 Å². The van der Waals surface area contributed by atoms with Crippen molar-refractivity contribution in [3.8, 4) is 0 Å². The Morgan fingerprint density at radius 3 is 2.40 bits per heavy atom. The van der Waals surface area contributed by atoms with E-state index in [1.165, 1.54) is 17.0 Å². The quantitative estimate of drug-likeness (QED) is 0.860. The maximum absolute atomic E-state index is 13.8. The van der Waals surface area contributed by atoms with Crippen molar-refractivity contribution in [2.75, 3.05) is 11.9 Å². The van der Waals surface area contributed by atoms with Crippen LogP contribution in [0.15, 0.2) is 12.1 Å². The molecule has 1 fully saturated rings. The highest BCUT2D eigenvalue weighted by molar-refractivity contribution is 6.01. The van der Waals surface area contributed by atoms with Crippen LogP contribution in [-0.4, -0.2) is 24.9 Å². The minimum Gasteiger partial charge on any atom is -0.362 e. The first-order valence-electron chi connectivity index (χ1n) is 6.48. The largest absolute Gasteiger partial charge is 0.362 e. The van der Waals surface area contributed by atoms with Crippen molar-refractivity contribution in [2.24, 2.45) is 0 Å². The number of hydrogen-bond donors (Lipinski definition) is 1. The fourth-order valence-electron chi connectivity index (χ4n) is 2.36. The maximum atomic E-state index is 13.8. The van der Waals surface area contributed by atoms with Gasteiger partial charge in [0.15, 0.2) is 0 Å². The first-order valence-corrected chi connectivity index (χ1v) is 6.48. The molecule has 20 heavy (non-hydrogen) atoms. The van der Waals surface area contributed by atoms with Crippen LogP contribution in [0.2, 0.25) is 0 Å². The molecule has 1 aliphatic heterocycles. The summed E-state index contributed by atoms with van der Waals surface area (Å²) in [5.41, 5.74) is 0.317. The third-order valence-corrected chi connectivity index (χ3v) is 3.56. The van der Waals surface area contributed by atoms with Gasteiger partial charge in [0.2, 0.25) is 11.8 Å². The molecule has 0 radical (unpaired) electrons. The van der Waals surface area contributed by atoms with Crippen molar-refractivity contribution in [2.45, 2.75) is 32.2 Å². The molecule has 1 saturated heterocycles. The van der Waals surface area contributed by atoms with E-state index in [0.29, 0.717) is 6.42 Å². The molecule has 1 heterocycles. The summed E-state index contributed by atoms with van der Waals surface area (Å²) in [6.07, 6.45) is 0.818. The van der Waals surface area contributed by atoms with Gasteiger partial charge in [-0.05, 0) is 25.0 Å². The van der Waals surface area contributed by atoms with E-state index >= 15 is 0 Å². The second-order valence-electron chi connectivity index (χ2n) is 4.82. The molecule has 0 aromatic heterocycles. The molecule has 108 valence electrons.